The summed E-state index contributed by atoms with van der Waals surface area (Å²) in [5.41, 5.74) is 2.88. The van der Waals surface area contributed by atoms with E-state index in [2.05, 4.69) is 15.4 Å². The molecule has 5 rings (SSSR count). The number of aromatic nitrogens is 3. The summed E-state index contributed by atoms with van der Waals surface area (Å²) in [6.07, 6.45) is 5.91. The smallest absolute Gasteiger partial charge is 0.322 e. The maximum atomic E-state index is 12.6. The fourth-order valence-corrected chi connectivity index (χ4v) is 3.76. The molecular weight excluding hydrogens is 344 g/mol. The number of likely N-dealkylation sites (tertiary alicyclic amines) is 1. The summed E-state index contributed by atoms with van der Waals surface area (Å²) in [6, 6.07) is 8.09. The molecule has 0 unspecified atom stereocenters. The molecule has 138 valence electrons. The average Bonchev–Trinajstić information content (AvgIpc) is 3.34. The van der Waals surface area contributed by atoms with Crippen LogP contribution in [-0.4, -0.2) is 57.8 Å². The number of hydrogen-bond acceptors (Lipinski definition) is 3. The molecule has 2 aromatic heterocycles. The minimum Gasteiger partial charge on any atom is -0.361 e. The minimum absolute atomic E-state index is 0.0845. The number of carbonyl (C=O) groups excluding carboxylic acids is 2. The second kappa shape index (κ2) is 6.15. The van der Waals surface area contributed by atoms with Gasteiger partial charge in [-0.05, 0) is 11.6 Å². The summed E-state index contributed by atoms with van der Waals surface area (Å²) < 4.78 is 1.86. The Kier molecular flexibility index (Phi) is 3.63. The van der Waals surface area contributed by atoms with E-state index in [0.29, 0.717) is 32.6 Å². The van der Waals surface area contributed by atoms with E-state index in [9.17, 15) is 9.59 Å². The van der Waals surface area contributed by atoms with E-state index in [4.69, 9.17) is 0 Å². The molecule has 0 radical (unpaired) electrons. The van der Waals surface area contributed by atoms with Crippen LogP contribution in [0.25, 0.3) is 10.9 Å². The van der Waals surface area contributed by atoms with Crippen molar-refractivity contribution in [1.82, 2.24) is 25.0 Å². The van der Waals surface area contributed by atoms with Crippen LogP contribution in [0.4, 0.5) is 10.5 Å². The van der Waals surface area contributed by atoms with Crippen molar-refractivity contribution in [2.24, 2.45) is 0 Å². The van der Waals surface area contributed by atoms with E-state index < -0.39 is 0 Å². The van der Waals surface area contributed by atoms with E-state index in [-0.39, 0.29) is 18.0 Å². The van der Waals surface area contributed by atoms with E-state index in [1.807, 2.05) is 46.2 Å². The van der Waals surface area contributed by atoms with Crippen molar-refractivity contribution in [1.29, 1.82) is 0 Å². The molecule has 2 aliphatic rings. The van der Waals surface area contributed by atoms with Crippen LogP contribution in [0, 0.1) is 0 Å². The van der Waals surface area contributed by atoms with Crippen molar-refractivity contribution >= 4 is 28.5 Å². The molecule has 8 heteroatoms. The zero-order valence-electron chi connectivity index (χ0n) is 14.8. The van der Waals surface area contributed by atoms with Crippen LogP contribution < -0.4 is 10.2 Å². The highest BCUT2D eigenvalue weighted by Gasteiger charge is 2.33. The van der Waals surface area contributed by atoms with Gasteiger partial charge in [0.05, 0.1) is 24.3 Å². The number of benzene rings is 1. The summed E-state index contributed by atoms with van der Waals surface area (Å²) in [5.74, 6) is 0.127. The van der Waals surface area contributed by atoms with Gasteiger partial charge in [0.1, 0.15) is 0 Å². The van der Waals surface area contributed by atoms with Crippen molar-refractivity contribution in [3.05, 3.63) is 48.4 Å². The lowest BCUT2D eigenvalue weighted by molar-refractivity contribution is -0.136. The number of urea groups is 1. The molecule has 2 N–H and O–H groups in total. The monoisotopic (exact) mass is 364 g/mol. The SMILES string of the molecule is O=C(Cc1c[nH]c2ccccc12)N1CC(n2cc(N3CCNC3=O)cn2)C1. The van der Waals surface area contributed by atoms with E-state index in [1.165, 1.54) is 0 Å². The lowest BCUT2D eigenvalue weighted by Crippen LogP contribution is -2.51. The van der Waals surface area contributed by atoms with Gasteiger partial charge in [-0.25, -0.2) is 4.79 Å². The number of anilines is 1. The molecule has 0 bridgehead atoms. The van der Waals surface area contributed by atoms with Crippen LogP contribution in [0.2, 0.25) is 0 Å². The first-order chi connectivity index (χ1) is 13.2. The van der Waals surface area contributed by atoms with Crippen molar-refractivity contribution in [2.45, 2.75) is 12.5 Å². The maximum Gasteiger partial charge on any atom is 0.322 e. The van der Waals surface area contributed by atoms with Gasteiger partial charge in [-0.15, -0.1) is 0 Å². The third-order valence-electron chi connectivity index (χ3n) is 5.36. The number of aromatic amines is 1. The van der Waals surface area contributed by atoms with E-state index >= 15 is 0 Å². The highest BCUT2D eigenvalue weighted by Crippen LogP contribution is 2.26. The number of hydrogen-bond donors (Lipinski definition) is 2. The quantitative estimate of drug-likeness (QED) is 0.736. The van der Waals surface area contributed by atoms with Gasteiger partial charge in [0.25, 0.3) is 0 Å². The number of nitrogens with zero attached hydrogens (tertiary/aromatic N) is 4. The summed E-state index contributed by atoms with van der Waals surface area (Å²) in [4.78, 5) is 31.1. The Morgan fingerprint density at radius 1 is 1.26 bits per heavy atom. The minimum atomic E-state index is -0.0845. The molecule has 3 amide bonds. The van der Waals surface area contributed by atoms with Crippen LogP contribution in [0.5, 0.6) is 0 Å². The van der Waals surface area contributed by atoms with Gasteiger partial charge in [0.15, 0.2) is 0 Å². The zero-order valence-corrected chi connectivity index (χ0v) is 14.8. The Hall–Kier alpha value is -3.29. The van der Waals surface area contributed by atoms with Gasteiger partial charge >= 0.3 is 6.03 Å². The predicted molar refractivity (Wildman–Crippen MR) is 101 cm³/mol. The molecule has 8 nitrogen and oxygen atoms in total. The first-order valence-electron chi connectivity index (χ1n) is 9.11. The Morgan fingerprint density at radius 3 is 2.93 bits per heavy atom. The fourth-order valence-electron chi connectivity index (χ4n) is 3.76. The number of para-hydroxylation sites is 1. The van der Waals surface area contributed by atoms with E-state index in [1.54, 1.807) is 11.1 Å². The molecule has 0 atom stereocenters. The molecule has 3 aromatic rings. The molecule has 2 saturated heterocycles. The van der Waals surface area contributed by atoms with Crippen molar-refractivity contribution in [3.8, 4) is 0 Å². The van der Waals surface area contributed by atoms with Crippen LogP contribution >= 0.6 is 0 Å². The predicted octanol–water partition coefficient (Wildman–Crippen LogP) is 1.52. The third-order valence-corrected chi connectivity index (χ3v) is 5.36. The lowest BCUT2D eigenvalue weighted by atomic mass is 10.1. The van der Waals surface area contributed by atoms with Crippen LogP contribution in [0.15, 0.2) is 42.9 Å². The first kappa shape index (κ1) is 15.9. The van der Waals surface area contributed by atoms with Crippen molar-refractivity contribution < 1.29 is 9.59 Å². The molecule has 27 heavy (non-hydrogen) atoms. The van der Waals surface area contributed by atoms with Gasteiger partial charge < -0.3 is 15.2 Å². The van der Waals surface area contributed by atoms with Crippen molar-refractivity contribution in [3.63, 3.8) is 0 Å². The Bertz CT molecular complexity index is 1020. The Balaban J connectivity index is 1.21. The summed E-state index contributed by atoms with van der Waals surface area (Å²) >= 11 is 0. The Labute approximate surface area is 155 Å². The number of fused-ring (bicyclic) bond motifs is 1. The zero-order chi connectivity index (χ0) is 18.4. The Morgan fingerprint density at radius 2 is 2.11 bits per heavy atom. The van der Waals surface area contributed by atoms with Crippen LogP contribution in [0.1, 0.15) is 11.6 Å². The highest BCUT2D eigenvalue weighted by atomic mass is 16.2. The van der Waals surface area contributed by atoms with Crippen LogP contribution in [0.3, 0.4) is 0 Å². The number of amides is 3. The highest BCUT2D eigenvalue weighted by molar-refractivity contribution is 5.93. The van der Waals surface area contributed by atoms with E-state index in [0.717, 1.165) is 22.2 Å². The number of carbonyl (C=O) groups is 2. The van der Waals surface area contributed by atoms with Gasteiger partial charge in [-0.2, -0.15) is 5.10 Å². The second-order valence-corrected chi connectivity index (χ2v) is 7.05. The average molecular weight is 364 g/mol. The number of H-pyrrole nitrogens is 1. The largest absolute Gasteiger partial charge is 0.361 e. The van der Waals surface area contributed by atoms with Crippen LogP contribution in [-0.2, 0) is 11.2 Å². The standard InChI is InChI=1S/C19H20N6O2/c26-18(7-13-8-21-17-4-2-1-3-16(13)17)23-10-15(11-23)25-12-14(9-22-25)24-6-5-20-19(24)27/h1-4,8-9,12,15,21H,5-7,10-11H2,(H,20,27). The summed E-state index contributed by atoms with van der Waals surface area (Å²) in [5, 5.41) is 8.26. The van der Waals surface area contributed by atoms with Gasteiger partial charge in [-0.1, -0.05) is 18.2 Å². The summed E-state index contributed by atoms with van der Waals surface area (Å²) in [6.45, 7) is 2.61. The number of rotatable bonds is 4. The lowest BCUT2D eigenvalue weighted by Gasteiger charge is -2.39. The molecule has 1 aromatic carbocycles. The molecule has 4 heterocycles. The molecule has 0 spiro atoms. The van der Waals surface area contributed by atoms with Crippen molar-refractivity contribution in [2.75, 3.05) is 31.1 Å². The molecule has 0 saturated carbocycles. The van der Waals surface area contributed by atoms with Gasteiger partial charge in [0.2, 0.25) is 5.91 Å². The molecule has 0 aliphatic carbocycles. The third kappa shape index (κ3) is 2.73. The second-order valence-electron chi connectivity index (χ2n) is 7.05. The molecule has 2 aliphatic heterocycles. The van der Waals surface area contributed by atoms with Gasteiger partial charge in [0, 0.05) is 49.5 Å². The molecule has 2 fully saturated rings. The fraction of sp³-hybridized carbons (Fsp3) is 0.316. The summed E-state index contributed by atoms with van der Waals surface area (Å²) in [7, 11) is 0. The number of nitrogens with one attached hydrogen (secondary N) is 2. The van der Waals surface area contributed by atoms with Gasteiger partial charge in [-0.3, -0.25) is 14.4 Å². The maximum absolute atomic E-state index is 12.6. The molecular formula is C19H20N6O2. The topological polar surface area (TPSA) is 86.3 Å². The normalized spacial score (nSPS) is 17.4. The first-order valence-corrected chi connectivity index (χ1v) is 9.11.